The summed E-state index contributed by atoms with van der Waals surface area (Å²) in [5, 5.41) is 3.40. The Morgan fingerprint density at radius 3 is 2.29 bits per heavy atom. The number of aryl methyl sites for hydroxylation is 2. The van der Waals surface area contributed by atoms with Crippen LogP contribution in [-0.4, -0.2) is 41.0 Å². The first-order valence-electron chi connectivity index (χ1n) is 9.86. The molecule has 1 aliphatic rings. The van der Waals surface area contributed by atoms with E-state index in [1.807, 2.05) is 6.92 Å². The molecule has 1 aromatic heterocycles. The Morgan fingerprint density at radius 1 is 0.857 bits per heavy atom. The second kappa shape index (κ2) is 8.40. The molecule has 0 bridgehead atoms. The molecule has 0 amide bonds. The molecule has 1 aliphatic heterocycles. The van der Waals surface area contributed by atoms with Crippen molar-refractivity contribution in [2.24, 2.45) is 0 Å². The zero-order valence-corrected chi connectivity index (χ0v) is 16.6. The van der Waals surface area contributed by atoms with Gasteiger partial charge in [0.2, 0.25) is 0 Å². The van der Waals surface area contributed by atoms with Crippen LogP contribution < -0.4 is 10.2 Å². The van der Waals surface area contributed by atoms with E-state index in [9.17, 15) is 0 Å². The van der Waals surface area contributed by atoms with Gasteiger partial charge in [-0.05, 0) is 31.5 Å². The van der Waals surface area contributed by atoms with Gasteiger partial charge in [0.05, 0.1) is 0 Å². The average Bonchev–Trinajstić information content (AvgIpc) is 2.71. The zero-order valence-electron chi connectivity index (χ0n) is 16.6. The molecule has 28 heavy (non-hydrogen) atoms. The van der Waals surface area contributed by atoms with Crippen molar-refractivity contribution in [3.63, 3.8) is 0 Å². The van der Waals surface area contributed by atoms with Crippen molar-refractivity contribution in [2.75, 3.05) is 36.4 Å². The molecule has 0 unspecified atom stereocenters. The molecule has 5 nitrogen and oxygen atoms in total. The molecule has 2 aromatic carbocycles. The van der Waals surface area contributed by atoms with Gasteiger partial charge in [0.1, 0.15) is 17.5 Å². The van der Waals surface area contributed by atoms with Crippen LogP contribution in [0.25, 0.3) is 0 Å². The number of nitrogens with zero attached hydrogens (tertiary/aromatic N) is 4. The largest absolute Gasteiger partial charge is 0.354 e. The summed E-state index contributed by atoms with van der Waals surface area (Å²) in [7, 11) is 0. The minimum atomic E-state index is 0.791. The predicted molar refractivity (Wildman–Crippen MR) is 115 cm³/mol. The highest BCUT2D eigenvalue weighted by Gasteiger charge is 2.19. The van der Waals surface area contributed by atoms with Crippen LogP contribution in [0.2, 0.25) is 0 Å². The van der Waals surface area contributed by atoms with Crippen LogP contribution in [0.4, 0.5) is 17.3 Å². The lowest BCUT2D eigenvalue weighted by Gasteiger charge is -2.35. The monoisotopic (exact) mass is 373 g/mol. The number of rotatable bonds is 5. The van der Waals surface area contributed by atoms with E-state index in [1.54, 1.807) is 0 Å². The van der Waals surface area contributed by atoms with Crippen LogP contribution in [0.1, 0.15) is 17.0 Å². The lowest BCUT2D eigenvalue weighted by atomic mass is 10.2. The van der Waals surface area contributed by atoms with Gasteiger partial charge >= 0.3 is 0 Å². The van der Waals surface area contributed by atoms with Gasteiger partial charge in [-0.2, -0.15) is 0 Å². The van der Waals surface area contributed by atoms with Crippen molar-refractivity contribution in [1.82, 2.24) is 14.9 Å². The van der Waals surface area contributed by atoms with Crippen LogP contribution in [0.3, 0.4) is 0 Å². The fraction of sp³-hybridized carbons (Fsp3) is 0.304. The van der Waals surface area contributed by atoms with Gasteiger partial charge in [0.15, 0.2) is 0 Å². The Balaban J connectivity index is 1.40. The van der Waals surface area contributed by atoms with Crippen LogP contribution >= 0.6 is 0 Å². The first kappa shape index (κ1) is 18.4. The Hall–Kier alpha value is -2.92. The molecule has 3 aromatic rings. The second-order valence-electron chi connectivity index (χ2n) is 7.40. The van der Waals surface area contributed by atoms with Gasteiger partial charge in [0, 0.05) is 44.5 Å². The fourth-order valence-electron chi connectivity index (χ4n) is 3.54. The Kier molecular flexibility index (Phi) is 5.53. The lowest BCUT2D eigenvalue weighted by Crippen LogP contribution is -2.46. The van der Waals surface area contributed by atoms with E-state index in [0.29, 0.717) is 0 Å². The van der Waals surface area contributed by atoms with Crippen LogP contribution in [0, 0.1) is 13.8 Å². The Bertz CT molecular complexity index is 900. The number of piperazine rings is 1. The zero-order chi connectivity index (χ0) is 19.3. The van der Waals surface area contributed by atoms with Gasteiger partial charge in [-0.15, -0.1) is 0 Å². The molecular weight excluding hydrogens is 346 g/mol. The summed E-state index contributed by atoms with van der Waals surface area (Å²) in [5.74, 6) is 2.64. The topological polar surface area (TPSA) is 44.3 Å². The molecule has 1 N–H and O–H groups in total. The number of hydrogen-bond acceptors (Lipinski definition) is 5. The third-order valence-corrected chi connectivity index (χ3v) is 5.09. The van der Waals surface area contributed by atoms with Gasteiger partial charge in [0.25, 0.3) is 0 Å². The smallest absolute Gasteiger partial charge is 0.136 e. The number of nitrogens with one attached hydrogen (secondary N) is 1. The van der Waals surface area contributed by atoms with Gasteiger partial charge in [-0.1, -0.05) is 48.0 Å². The molecule has 2 heterocycles. The van der Waals surface area contributed by atoms with Gasteiger partial charge in [-0.3, -0.25) is 4.90 Å². The molecule has 0 radical (unpaired) electrons. The standard InChI is InChI=1S/C23H27N5/c1-18-8-10-21(11-9-18)26-22-16-23(25-19(2)24-22)28-14-12-27(13-15-28)17-20-6-4-3-5-7-20/h3-11,16H,12-15,17H2,1-2H3,(H,24,25,26). The normalized spacial score (nSPS) is 14.9. The number of benzene rings is 2. The minimum absolute atomic E-state index is 0.791. The number of aromatic nitrogens is 2. The molecular formula is C23H27N5. The highest BCUT2D eigenvalue weighted by molar-refractivity contribution is 5.60. The van der Waals surface area contributed by atoms with Crippen molar-refractivity contribution in [3.05, 3.63) is 77.6 Å². The summed E-state index contributed by atoms with van der Waals surface area (Å²) in [4.78, 5) is 14.1. The minimum Gasteiger partial charge on any atom is -0.354 e. The summed E-state index contributed by atoms with van der Waals surface area (Å²) in [6.45, 7) is 9.10. The Labute approximate surface area is 167 Å². The third-order valence-electron chi connectivity index (χ3n) is 5.09. The highest BCUT2D eigenvalue weighted by atomic mass is 15.3. The molecule has 0 aliphatic carbocycles. The molecule has 4 rings (SSSR count). The molecule has 1 fully saturated rings. The highest BCUT2D eigenvalue weighted by Crippen LogP contribution is 2.21. The van der Waals surface area contributed by atoms with E-state index in [4.69, 9.17) is 0 Å². The van der Waals surface area contributed by atoms with Gasteiger partial charge < -0.3 is 10.2 Å². The predicted octanol–water partition coefficient (Wildman–Crippen LogP) is 4.16. The van der Waals surface area contributed by atoms with Crippen LogP contribution in [0.5, 0.6) is 0 Å². The van der Waals surface area contributed by atoms with Crippen molar-refractivity contribution in [3.8, 4) is 0 Å². The molecule has 0 atom stereocenters. The summed E-state index contributed by atoms with van der Waals surface area (Å²) >= 11 is 0. The SMILES string of the molecule is Cc1ccc(Nc2cc(N3CCN(Cc4ccccc4)CC3)nc(C)n2)cc1. The molecule has 0 saturated carbocycles. The number of anilines is 3. The summed E-state index contributed by atoms with van der Waals surface area (Å²) in [6.07, 6.45) is 0. The van der Waals surface area contributed by atoms with E-state index in [2.05, 4.69) is 92.7 Å². The first-order valence-corrected chi connectivity index (χ1v) is 9.86. The van der Waals surface area contributed by atoms with E-state index in [-0.39, 0.29) is 0 Å². The van der Waals surface area contributed by atoms with Crippen molar-refractivity contribution in [2.45, 2.75) is 20.4 Å². The first-order chi connectivity index (χ1) is 13.7. The fourth-order valence-corrected chi connectivity index (χ4v) is 3.54. The quantitative estimate of drug-likeness (QED) is 0.727. The van der Waals surface area contributed by atoms with Crippen LogP contribution in [0.15, 0.2) is 60.7 Å². The third kappa shape index (κ3) is 4.67. The van der Waals surface area contributed by atoms with Gasteiger partial charge in [-0.25, -0.2) is 9.97 Å². The summed E-state index contributed by atoms with van der Waals surface area (Å²) < 4.78 is 0. The van der Waals surface area contributed by atoms with E-state index < -0.39 is 0 Å². The maximum Gasteiger partial charge on any atom is 0.136 e. The summed E-state index contributed by atoms with van der Waals surface area (Å²) in [5.41, 5.74) is 3.67. The lowest BCUT2D eigenvalue weighted by molar-refractivity contribution is 0.249. The van der Waals surface area contributed by atoms with E-state index in [0.717, 1.165) is 55.9 Å². The van der Waals surface area contributed by atoms with E-state index in [1.165, 1.54) is 11.1 Å². The second-order valence-corrected chi connectivity index (χ2v) is 7.40. The summed E-state index contributed by atoms with van der Waals surface area (Å²) in [6, 6.07) is 21.1. The molecule has 144 valence electrons. The van der Waals surface area contributed by atoms with Crippen molar-refractivity contribution >= 4 is 17.3 Å². The number of hydrogen-bond donors (Lipinski definition) is 1. The maximum atomic E-state index is 4.68. The maximum absolute atomic E-state index is 4.68. The Morgan fingerprint density at radius 2 is 1.57 bits per heavy atom. The molecule has 5 heteroatoms. The van der Waals surface area contributed by atoms with E-state index >= 15 is 0 Å². The average molecular weight is 374 g/mol. The van der Waals surface area contributed by atoms with Crippen LogP contribution in [-0.2, 0) is 6.54 Å². The molecule has 0 spiro atoms. The van der Waals surface area contributed by atoms with Crippen molar-refractivity contribution < 1.29 is 0 Å². The molecule has 1 saturated heterocycles. The van der Waals surface area contributed by atoms with Crippen molar-refractivity contribution in [1.29, 1.82) is 0 Å².